The van der Waals surface area contributed by atoms with E-state index in [2.05, 4.69) is 26.8 Å². The Kier molecular flexibility index (Phi) is 7.23. The van der Waals surface area contributed by atoms with Crippen LogP contribution in [-0.4, -0.2) is 25.5 Å². The third-order valence-electron chi connectivity index (χ3n) is 3.31. The lowest BCUT2D eigenvalue weighted by molar-refractivity contribution is -0.128. The van der Waals surface area contributed by atoms with Crippen molar-refractivity contribution >= 4 is 33.8 Å². The topological polar surface area (TPSA) is 76.7 Å². The van der Waals surface area contributed by atoms with Crippen molar-refractivity contribution in [2.45, 2.75) is 6.92 Å². The summed E-state index contributed by atoms with van der Waals surface area (Å²) in [5.74, 6) is 0.366. The third kappa shape index (κ3) is 6.25. The highest BCUT2D eigenvalue weighted by molar-refractivity contribution is 9.10. The van der Waals surface area contributed by atoms with E-state index in [9.17, 15) is 9.59 Å². The van der Waals surface area contributed by atoms with Gasteiger partial charge in [-0.3, -0.25) is 20.4 Å². The Morgan fingerprint density at radius 3 is 2.50 bits per heavy atom. The number of hydrogen-bond donors (Lipinski definition) is 2. The average Bonchev–Trinajstić information content (AvgIpc) is 2.64. The first-order valence-electron chi connectivity index (χ1n) is 7.78. The summed E-state index contributed by atoms with van der Waals surface area (Å²) in [5.41, 5.74) is 6.49. The fourth-order valence-corrected chi connectivity index (χ4v) is 2.57. The van der Waals surface area contributed by atoms with Gasteiger partial charge in [0.25, 0.3) is 11.8 Å². The van der Waals surface area contributed by atoms with Gasteiger partial charge < -0.3 is 9.47 Å². The second-order valence-corrected chi connectivity index (χ2v) is 6.22. The van der Waals surface area contributed by atoms with Crippen LogP contribution in [-0.2, 0) is 9.59 Å². The zero-order valence-corrected chi connectivity index (χ0v) is 16.0. The molecule has 0 unspecified atom stereocenters. The number of rotatable bonds is 6. The highest BCUT2D eigenvalue weighted by Gasteiger charge is 2.06. The monoisotopic (exact) mass is 418 g/mol. The molecule has 0 saturated heterocycles. The van der Waals surface area contributed by atoms with Gasteiger partial charge in [0, 0.05) is 6.08 Å². The minimum Gasteiger partial charge on any atom is -0.497 e. The first-order valence-corrected chi connectivity index (χ1v) is 8.57. The minimum atomic E-state index is -0.469. The lowest BCUT2D eigenvalue weighted by Gasteiger charge is -2.09. The van der Waals surface area contributed by atoms with E-state index < -0.39 is 11.8 Å². The van der Waals surface area contributed by atoms with Gasteiger partial charge in [-0.25, -0.2) is 0 Å². The normalized spacial score (nSPS) is 10.4. The van der Waals surface area contributed by atoms with Gasteiger partial charge in [-0.2, -0.15) is 0 Å². The van der Waals surface area contributed by atoms with Crippen LogP contribution in [0.25, 0.3) is 6.08 Å². The largest absolute Gasteiger partial charge is 0.497 e. The quantitative estimate of drug-likeness (QED) is 0.558. The second-order valence-electron chi connectivity index (χ2n) is 5.37. The predicted octanol–water partition coefficient (Wildman–Crippen LogP) is 3.01. The molecule has 0 fully saturated rings. The van der Waals surface area contributed by atoms with Gasteiger partial charge >= 0.3 is 0 Å². The Morgan fingerprint density at radius 1 is 1.12 bits per heavy atom. The number of hydrazine groups is 1. The molecule has 2 aromatic carbocycles. The van der Waals surface area contributed by atoms with E-state index in [4.69, 9.17) is 9.47 Å². The second kappa shape index (κ2) is 9.62. The number of benzene rings is 2. The zero-order valence-electron chi connectivity index (χ0n) is 14.4. The van der Waals surface area contributed by atoms with Crippen molar-refractivity contribution in [3.05, 3.63) is 64.1 Å². The molecule has 2 N–H and O–H groups in total. The van der Waals surface area contributed by atoms with Gasteiger partial charge in [0.1, 0.15) is 11.5 Å². The van der Waals surface area contributed by atoms with Crippen molar-refractivity contribution < 1.29 is 19.1 Å². The van der Waals surface area contributed by atoms with Crippen molar-refractivity contribution in [3.63, 3.8) is 0 Å². The van der Waals surface area contributed by atoms with Gasteiger partial charge in [0.2, 0.25) is 0 Å². The van der Waals surface area contributed by atoms with E-state index in [0.29, 0.717) is 5.75 Å². The molecule has 0 heterocycles. The number of amides is 2. The van der Waals surface area contributed by atoms with E-state index >= 15 is 0 Å². The third-order valence-corrected chi connectivity index (χ3v) is 3.93. The fourth-order valence-electron chi connectivity index (χ4n) is 1.96. The lowest BCUT2D eigenvalue weighted by atomic mass is 10.2. The minimum absolute atomic E-state index is 0.218. The molecular formula is C19H19BrN2O4. The Balaban J connectivity index is 1.75. The number of halogens is 1. The first kappa shape index (κ1) is 19.5. The highest BCUT2D eigenvalue weighted by atomic mass is 79.9. The molecule has 2 aromatic rings. The van der Waals surface area contributed by atoms with Gasteiger partial charge in [-0.1, -0.05) is 18.2 Å². The number of methoxy groups -OCH3 is 1. The van der Waals surface area contributed by atoms with E-state index in [1.807, 2.05) is 31.2 Å². The fraction of sp³-hybridized carbons (Fsp3) is 0.158. The lowest BCUT2D eigenvalue weighted by Crippen LogP contribution is -2.43. The first-order chi connectivity index (χ1) is 12.5. The summed E-state index contributed by atoms with van der Waals surface area (Å²) in [4.78, 5) is 23.5. The molecule has 0 aliphatic heterocycles. The Hall–Kier alpha value is -2.80. The summed E-state index contributed by atoms with van der Waals surface area (Å²) in [6.45, 7) is 1.74. The molecular weight excluding hydrogens is 400 g/mol. The van der Waals surface area contributed by atoms with Crippen molar-refractivity contribution in [2.75, 3.05) is 13.7 Å². The van der Waals surface area contributed by atoms with E-state index in [1.165, 1.54) is 6.08 Å². The zero-order chi connectivity index (χ0) is 18.9. The van der Waals surface area contributed by atoms with Crippen LogP contribution in [0, 0.1) is 6.92 Å². The molecule has 26 heavy (non-hydrogen) atoms. The molecule has 0 radical (unpaired) electrons. The van der Waals surface area contributed by atoms with E-state index in [0.717, 1.165) is 21.3 Å². The number of carbonyl (C=O) groups is 2. The average molecular weight is 419 g/mol. The molecule has 6 nitrogen and oxygen atoms in total. The SMILES string of the molecule is COc1ccc(C=CC(=O)NNC(=O)COc2ccc(C)cc2Br)cc1. The number of nitrogens with one attached hydrogen (secondary N) is 2. The highest BCUT2D eigenvalue weighted by Crippen LogP contribution is 2.25. The molecule has 0 saturated carbocycles. The summed E-state index contributed by atoms with van der Waals surface area (Å²) in [5, 5.41) is 0. The van der Waals surface area contributed by atoms with E-state index in [-0.39, 0.29) is 6.61 Å². The van der Waals surface area contributed by atoms with E-state index in [1.54, 1.807) is 31.4 Å². The van der Waals surface area contributed by atoms with Crippen LogP contribution in [0.4, 0.5) is 0 Å². The molecule has 0 aromatic heterocycles. The summed E-state index contributed by atoms with van der Waals surface area (Å²) in [6, 6.07) is 12.7. The maximum absolute atomic E-state index is 11.7. The molecule has 2 amide bonds. The van der Waals surface area contributed by atoms with Gasteiger partial charge in [0.05, 0.1) is 11.6 Å². The standard InChI is InChI=1S/C19H19BrN2O4/c1-13-3-9-17(16(20)11-13)26-12-19(24)22-21-18(23)10-6-14-4-7-15(25-2)8-5-14/h3-11H,12H2,1-2H3,(H,21,23)(H,22,24). The molecule has 7 heteroatoms. The maximum Gasteiger partial charge on any atom is 0.276 e. The molecule has 136 valence electrons. The van der Waals surface area contributed by atoms with Crippen LogP contribution in [0.1, 0.15) is 11.1 Å². The molecule has 0 bridgehead atoms. The van der Waals surface area contributed by atoms with Crippen molar-refractivity contribution in [1.82, 2.24) is 10.9 Å². The summed E-state index contributed by atoms with van der Waals surface area (Å²) < 4.78 is 11.2. The molecule has 0 aliphatic rings. The Morgan fingerprint density at radius 2 is 1.85 bits per heavy atom. The van der Waals surface area contributed by atoms with Crippen LogP contribution in [0.2, 0.25) is 0 Å². The van der Waals surface area contributed by atoms with Crippen LogP contribution in [0.3, 0.4) is 0 Å². The molecule has 0 spiro atoms. The number of carbonyl (C=O) groups excluding carboxylic acids is 2. The number of aryl methyl sites for hydroxylation is 1. The van der Waals surface area contributed by atoms with Crippen LogP contribution >= 0.6 is 15.9 Å². The molecule has 0 aliphatic carbocycles. The summed E-state index contributed by atoms with van der Waals surface area (Å²) >= 11 is 3.37. The summed E-state index contributed by atoms with van der Waals surface area (Å²) in [6.07, 6.45) is 2.94. The predicted molar refractivity (Wildman–Crippen MR) is 103 cm³/mol. The van der Waals surface area contributed by atoms with Crippen molar-refractivity contribution in [3.8, 4) is 11.5 Å². The van der Waals surface area contributed by atoms with Crippen molar-refractivity contribution in [2.24, 2.45) is 0 Å². The molecule has 0 atom stereocenters. The van der Waals surface area contributed by atoms with Gasteiger partial charge in [-0.15, -0.1) is 0 Å². The van der Waals surface area contributed by atoms with Crippen LogP contribution in [0.5, 0.6) is 11.5 Å². The Labute approximate surface area is 160 Å². The van der Waals surface area contributed by atoms with Crippen molar-refractivity contribution in [1.29, 1.82) is 0 Å². The van der Waals surface area contributed by atoms with Gasteiger partial charge in [0.15, 0.2) is 6.61 Å². The number of ether oxygens (including phenoxy) is 2. The Bertz CT molecular complexity index is 804. The summed E-state index contributed by atoms with van der Waals surface area (Å²) in [7, 11) is 1.59. The van der Waals surface area contributed by atoms with Crippen LogP contribution < -0.4 is 20.3 Å². The van der Waals surface area contributed by atoms with Crippen LogP contribution in [0.15, 0.2) is 53.0 Å². The number of hydrogen-bond acceptors (Lipinski definition) is 4. The molecule has 2 rings (SSSR count). The van der Waals surface area contributed by atoms with Gasteiger partial charge in [-0.05, 0) is 64.3 Å². The maximum atomic E-state index is 11.7. The smallest absolute Gasteiger partial charge is 0.276 e.